The minimum absolute atomic E-state index is 0.0274. The van der Waals surface area contributed by atoms with Crippen LogP contribution in [0, 0.1) is 0 Å². The number of alkyl halides is 3. The number of benzene rings is 2. The Bertz CT molecular complexity index is 1030. The second-order valence-electron chi connectivity index (χ2n) is 7.08. The molecule has 1 aliphatic heterocycles. The number of carbonyl (C=O) groups excluding carboxylic acids is 1. The molecule has 0 radical (unpaired) electrons. The van der Waals surface area contributed by atoms with Gasteiger partial charge in [0.05, 0.1) is 11.9 Å². The van der Waals surface area contributed by atoms with E-state index in [4.69, 9.17) is 4.74 Å². The molecule has 0 spiro atoms. The molecule has 0 unspecified atom stereocenters. The molecular weight excluding hydrogens is 435 g/mol. The number of fused-ring (bicyclic) bond motifs is 1. The summed E-state index contributed by atoms with van der Waals surface area (Å²) in [6, 6.07) is 10.4. The van der Waals surface area contributed by atoms with Crippen LogP contribution in [0.1, 0.15) is 17.2 Å². The average molecular weight is 457 g/mol. The van der Waals surface area contributed by atoms with E-state index in [0.29, 0.717) is 37.3 Å². The molecule has 2 N–H and O–H groups in total. The number of hydrogen-bond donors (Lipinski definition) is 2. The zero-order chi connectivity index (χ0) is 22.6. The number of halogens is 3. The summed E-state index contributed by atoms with van der Waals surface area (Å²) in [6.07, 6.45) is -4.08. The number of nitrogens with zero attached hydrogens (tertiary/aromatic N) is 1. The number of rotatable bonds is 8. The molecule has 2 aromatic carbocycles. The van der Waals surface area contributed by atoms with E-state index in [2.05, 4.69) is 5.32 Å². The average Bonchev–Trinajstić information content (AvgIpc) is 2.70. The molecule has 1 atom stereocenters. The van der Waals surface area contributed by atoms with Crippen LogP contribution >= 0.6 is 0 Å². The zero-order valence-electron chi connectivity index (χ0n) is 16.6. The quantitative estimate of drug-likeness (QED) is 0.595. The van der Waals surface area contributed by atoms with Crippen LogP contribution < -0.4 is 19.7 Å². The van der Waals surface area contributed by atoms with E-state index in [-0.39, 0.29) is 18.1 Å². The van der Waals surface area contributed by atoms with Gasteiger partial charge in [0.25, 0.3) is 5.91 Å². The van der Waals surface area contributed by atoms with Gasteiger partial charge in [-0.25, -0.2) is 8.42 Å². The van der Waals surface area contributed by atoms with Gasteiger partial charge in [-0.15, -0.1) is 0 Å². The van der Waals surface area contributed by atoms with Crippen LogP contribution in [0.5, 0.6) is 5.75 Å². The summed E-state index contributed by atoms with van der Waals surface area (Å²) in [5.74, 6) is 0.487. The number of ether oxygens (including phenoxy) is 1. The molecule has 168 valence electrons. The predicted octanol–water partition coefficient (Wildman–Crippen LogP) is 2.35. The van der Waals surface area contributed by atoms with E-state index in [9.17, 15) is 26.4 Å². The molecule has 0 aromatic heterocycles. The lowest BCUT2D eigenvalue weighted by Crippen LogP contribution is -2.42. The Kier molecular flexibility index (Phi) is 6.87. The van der Waals surface area contributed by atoms with Gasteiger partial charge in [-0.3, -0.25) is 4.79 Å². The van der Waals surface area contributed by atoms with Crippen LogP contribution in [0.2, 0.25) is 0 Å². The van der Waals surface area contributed by atoms with E-state index < -0.39 is 22.2 Å². The number of nitrogens with one attached hydrogen (secondary N) is 2. The standard InChI is InChI=1S/C20H22F3N3O4S/c1-31(28,29)25-19(20(21,22)23)15-8-6-14(7-9-15)12-24-10-11-26-16-4-2-3-5-17(16)30-13-18(26)27/h2-9,19,24-25H,10-13H2,1H3/t19-/m0/s1. The molecule has 11 heteroatoms. The van der Waals surface area contributed by atoms with Crippen LogP contribution in [0.25, 0.3) is 0 Å². The van der Waals surface area contributed by atoms with Gasteiger partial charge in [0.15, 0.2) is 6.61 Å². The Morgan fingerprint density at radius 3 is 2.45 bits per heavy atom. The molecule has 0 bridgehead atoms. The third kappa shape index (κ3) is 6.18. The molecule has 1 amide bonds. The molecule has 1 aliphatic rings. The van der Waals surface area contributed by atoms with Crippen molar-refractivity contribution in [2.45, 2.75) is 18.8 Å². The minimum atomic E-state index is -4.76. The van der Waals surface area contributed by atoms with Gasteiger partial charge >= 0.3 is 6.18 Å². The summed E-state index contributed by atoms with van der Waals surface area (Å²) in [6.45, 7) is 1.21. The van der Waals surface area contributed by atoms with E-state index in [1.54, 1.807) is 21.8 Å². The summed E-state index contributed by atoms with van der Waals surface area (Å²) >= 11 is 0. The van der Waals surface area contributed by atoms with Gasteiger partial charge in [-0.2, -0.15) is 17.9 Å². The van der Waals surface area contributed by atoms with Crippen LogP contribution in [0.4, 0.5) is 18.9 Å². The smallest absolute Gasteiger partial charge is 0.408 e. The maximum Gasteiger partial charge on any atom is 0.408 e. The van der Waals surface area contributed by atoms with Crippen molar-refractivity contribution in [2.24, 2.45) is 0 Å². The number of carbonyl (C=O) groups is 1. The highest BCUT2D eigenvalue weighted by molar-refractivity contribution is 7.88. The summed E-state index contributed by atoms with van der Waals surface area (Å²) in [4.78, 5) is 13.8. The maximum atomic E-state index is 13.2. The van der Waals surface area contributed by atoms with Gasteiger partial charge in [-0.05, 0) is 23.3 Å². The molecule has 31 heavy (non-hydrogen) atoms. The van der Waals surface area contributed by atoms with Crippen molar-refractivity contribution in [1.29, 1.82) is 0 Å². The van der Waals surface area contributed by atoms with Crippen LogP contribution in [-0.4, -0.2) is 46.5 Å². The molecule has 0 fully saturated rings. The fraction of sp³-hybridized carbons (Fsp3) is 0.350. The summed E-state index contributed by atoms with van der Waals surface area (Å²) in [5, 5.41) is 3.15. The second kappa shape index (κ2) is 9.25. The Morgan fingerprint density at radius 1 is 1.13 bits per heavy atom. The fourth-order valence-electron chi connectivity index (χ4n) is 3.19. The first kappa shape index (κ1) is 23.0. The van der Waals surface area contributed by atoms with E-state index >= 15 is 0 Å². The van der Waals surface area contributed by atoms with Crippen molar-refractivity contribution < 1.29 is 31.1 Å². The van der Waals surface area contributed by atoms with Crippen molar-refractivity contribution in [1.82, 2.24) is 10.0 Å². The minimum Gasteiger partial charge on any atom is -0.482 e. The Hall–Kier alpha value is -2.63. The van der Waals surface area contributed by atoms with Crippen molar-refractivity contribution in [3.63, 3.8) is 0 Å². The number of anilines is 1. The molecule has 0 aliphatic carbocycles. The SMILES string of the molecule is CS(=O)(=O)N[C@@H](c1ccc(CNCCN2C(=O)COc3ccccc32)cc1)C(F)(F)F. The molecular formula is C20H22F3N3O4S. The fourth-order valence-corrected chi connectivity index (χ4v) is 3.89. The highest BCUT2D eigenvalue weighted by atomic mass is 32.2. The van der Waals surface area contributed by atoms with Gasteiger partial charge < -0.3 is 15.0 Å². The number of amides is 1. The third-order valence-electron chi connectivity index (χ3n) is 4.62. The van der Waals surface area contributed by atoms with Gasteiger partial charge in [-0.1, -0.05) is 36.4 Å². The van der Waals surface area contributed by atoms with Gasteiger partial charge in [0.1, 0.15) is 11.8 Å². The molecule has 0 saturated carbocycles. The van der Waals surface area contributed by atoms with Crippen LogP contribution in [0.15, 0.2) is 48.5 Å². The monoisotopic (exact) mass is 457 g/mol. The van der Waals surface area contributed by atoms with Crippen LogP contribution in [-0.2, 0) is 21.4 Å². The Morgan fingerprint density at radius 2 is 1.81 bits per heavy atom. The van der Waals surface area contributed by atoms with E-state index in [0.717, 1.165) is 5.56 Å². The normalized spacial score (nSPS) is 15.4. The lowest BCUT2D eigenvalue weighted by Gasteiger charge is -2.29. The van der Waals surface area contributed by atoms with E-state index in [1.807, 2.05) is 12.1 Å². The third-order valence-corrected chi connectivity index (χ3v) is 5.29. The van der Waals surface area contributed by atoms with Gasteiger partial charge in [0, 0.05) is 19.6 Å². The number of hydrogen-bond acceptors (Lipinski definition) is 5. The van der Waals surface area contributed by atoms with E-state index in [1.165, 1.54) is 24.3 Å². The topological polar surface area (TPSA) is 87.7 Å². The first-order chi connectivity index (χ1) is 14.5. The molecule has 0 saturated heterocycles. The van der Waals surface area contributed by atoms with Gasteiger partial charge in [0.2, 0.25) is 10.0 Å². The Labute approximate surface area is 178 Å². The maximum absolute atomic E-state index is 13.2. The van der Waals surface area contributed by atoms with Crippen molar-refractivity contribution in [3.05, 3.63) is 59.7 Å². The molecule has 2 aromatic rings. The largest absolute Gasteiger partial charge is 0.482 e. The summed E-state index contributed by atoms with van der Waals surface area (Å²) in [5.41, 5.74) is 1.22. The zero-order valence-corrected chi connectivity index (χ0v) is 17.5. The molecule has 1 heterocycles. The highest BCUT2D eigenvalue weighted by Gasteiger charge is 2.42. The predicted molar refractivity (Wildman–Crippen MR) is 109 cm³/mol. The first-order valence-electron chi connectivity index (χ1n) is 9.40. The molecule has 3 rings (SSSR count). The number of para-hydroxylation sites is 2. The summed E-state index contributed by atoms with van der Waals surface area (Å²) in [7, 11) is -4.04. The van der Waals surface area contributed by atoms with Crippen molar-refractivity contribution in [2.75, 3.05) is 30.9 Å². The Balaban J connectivity index is 1.57. The van der Waals surface area contributed by atoms with Crippen LogP contribution in [0.3, 0.4) is 0 Å². The first-order valence-corrected chi connectivity index (χ1v) is 11.3. The number of sulfonamides is 1. The van der Waals surface area contributed by atoms with Crippen molar-refractivity contribution >= 4 is 21.6 Å². The molecule has 7 nitrogen and oxygen atoms in total. The second-order valence-corrected chi connectivity index (χ2v) is 8.86. The van der Waals surface area contributed by atoms with Crippen molar-refractivity contribution in [3.8, 4) is 5.75 Å². The lowest BCUT2D eigenvalue weighted by atomic mass is 10.1. The lowest BCUT2D eigenvalue weighted by molar-refractivity contribution is -0.153. The summed E-state index contributed by atoms with van der Waals surface area (Å²) < 4.78 is 69.2. The highest BCUT2D eigenvalue weighted by Crippen LogP contribution is 2.33.